The molecule has 0 saturated heterocycles. The molecular weight excluding hydrogens is 1460 g/mol. The van der Waals surface area contributed by atoms with E-state index in [1.165, 1.54) is 107 Å². The van der Waals surface area contributed by atoms with Gasteiger partial charge in [-0.15, -0.1) is 0 Å². The number of aryl methyl sites for hydroxylation is 12. The van der Waals surface area contributed by atoms with Gasteiger partial charge in [-0.05, 0) is 223 Å². The van der Waals surface area contributed by atoms with Gasteiger partial charge in [-0.1, -0.05) is 306 Å². The fourth-order valence-electron chi connectivity index (χ4n) is 11.5. The zero-order valence-corrected chi connectivity index (χ0v) is 83.7. The van der Waals surface area contributed by atoms with E-state index < -0.39 is 0 Å². The summed E-state index contributed by atoms with van der Waals surface area (Å²) in [5, 5.41) is 0. The van der Waals surface area contributed by atoms with Crippen LogP contribution in [0.3, 0.4) is 0 Å². The number of aromatic nitrogens is 5. The van der Waals surface area contributed by atoms with Crippen LogP contribution in [0.4, 0.5) is 68.5 Å². The Bertz CT molecular complexity index is 3400. The van der Waals surface area contributed by atoms with Gasteiger partial charge in [-0.3, -0.25) is 15.0 Å². The van der Waals surface area contributed by atoms with Crippen molar-refractivity contribution in [1.29, 1.82) is 0 Å². The summed E-state index contributed by atoms with van der Waals surface area (Å²) in [6.45, 7) is 73.3. The minimum Gasteiger partial charge on any atom is -0.344 e. The third-order valence-electron chi connectivity index (χ3n) is 17.0. The number of anilines is 12. The average Bonchev–Trinajstić information content (AvgIpc) is 0.866. The lowest BCUT2D eigenvalue weighted by molar-refractivity contribution is 1.09. The fraction of sp³-hybridized carbons (Fsp3) is 0.385. The molecule has 0 N–H and O–H groups in total. The zero-order chi connectivity index (χ0) is 93.3. The average molecular weight is 1630 g/mol. The highest BCUT2D eigenvalue weighted by atomic mass is 15.2. The predicted octanol–water partition coefficient (Wildman–Crippen LogP) is 33.7. The molecule has 0 radical (unpaired) electrons. The van der Waals surface area contributed by atoms with E-state index in [9.17, 15) is 0 Å². The summed E-state index contributed by atoms with van der Waals surface area (Å²) in [5.74, 6) is 2.02. The van der Waals surface area contributed by atoms with Crippen LogP contribution in [0.2, 0.25) is 0 Å². The lowest BCUT2D eigenvalue weighted by atomic mass is 10.1. The maximum atomic E-state index is 4.42. The van der Waals surface area contributed by atoms with Crippen molar-refractivity contribution in [3.05, 3.63) is 329 Å². The van der Waals surface area contributed by atoms with Crippen molar-refractivity contribution in [3.63, 3.8) is 0 Å². The van der Waals surface area contributed by atoms with Crippen LogP contribution in [0.5, 0.6) is 0 Å². The second-order valence-electron chi connectivity index (χ2n) is 24.1. The minimum atomic E-state index is 1.01. The van der Waals surface area contributed by atoms with E-state index in [1.54, 1.807) is 0 Å². The Morgan fingerprint density at radius 2 is 0.350 bits per heavy atom. The Morgan fingerprint density at radius 1 is 0.158 bits per heavy atom. The Balaban J connectivity index is -0.000000309. The first-order chi connectivity index (χ1) is 58.2. The van der Waals surface area contributed by atoms with Gasteiger partial charge in [0.15, 0.2) is 0 Å². The molecule has 0 aliphatic carbocycles. The molecule has 11 heteroatoms. The summed E-state index contributed by atoms with van der Waals surface area (Å²) in [5.41, 5.74) is 26.9. The quantitative estimate of drug-likeness (QED) is 0.117. The van der Waals surface area contributed by atoms with E-state index in [-0.39, 0.29) is 0 Å². The number of hydrogen-bond acceptors (Lipinski definition) is 11. The van der Waals surface area contributed by atoms with Gasteiger partial charge in [0.1, 0.15) is 11.6 Å². The zero-order valence-electron chi connectivity index (χ0n) is 83.7. The summed E-state index contributed by atoms with van der Waals surface area (Å²) in [6.07, 6.45) is 12.9. The van der Waals surface area contributed by atoms with Crippen LogP contribution in [-0.2, 0) is 0 Å². The molecular formula is C109H169N11. The first-order valence-electron chi connectivity index (χ1n) is 44.6. The number of pyridine rings is 5. The third kappa shape index (κ3) is 42.2. The van der Waals surface area contributed by atoms with Crippen LogP contribution in [0, 0.1) is 83.1 Å². The molecule has 5 aromatic heterocycles. The van der Waals surface area contributed by atoms with Crippen LogP contribution >= 0.6 is 0 Å². The molecule has 12 aromatic rings. The second-order valence-corrected chi connectivity index (χ2v) is 24.1. The third-order valence-corrected chi connectivity index (χ3v) is 17.0. The standard InChI is InChI=1S/C15H17N.5C14H16N2.12C2H6/c1-12-8-4-6-10-14(12)16(3)15-11-7-5-9-13(15)2;2*1-11-7-4-5-9-13(11)16(3)14-12(2)8-6-10-15-14;1-11-7-4-5-8-13(11)16(3)14-9-6-10-15-12(14)2;1-11-6-4-5-7-13(11)16(3)14-8-9-15-10-12(14)2;1-11-6-4-5-7-13(11)16(3)14-10-15-9-8-12(14)2;12*1-2/h4-11H,1-3H3;5*4-10H,1-3H3;12*1-2H3. The molecule has 0 amide bonds. The van der Waals surface area contributed by atoms with Crippen molar-refractivity contribution in [2.45, 2.75) is 249 Å². The van der Waals surface area contributed by atoms with Crippen LogP contribution in [0.25, 0.3) is 0 Å². The van der Waals surface area contributed by atoms with Crippen molar-refractivity contribution >= 4 is 68.5 Å². The van der Waals surface area contributed by atoms with E-state index in [0.29, 0.717) is 0 Å². The van der Waals surface area contributed by atoms with Gasteiger partial charge in [0.2, 0.25) is 0 Å². The Hall–Kier alpha value is -10.9. The molecule has 120 heavy (non-hydrogen) atoms. The lowest BCUT2D eigenvalue weighted by Gasteiger charge is -2.23. The predicted molar refractivity (Wildman–Crippen MR) is 548 cm³/mol. The van der Waals surface area contributed by atoms with Crippen LogP contribution < -0.4 is 29.4 Å². The second kappa shape index (κ2) is 76.7. The molecule has 0 atom stereocenters. The number of hydrogen-bond donors (Lipinski definition) is 0. The summed E-state index contributed by atoms with van der Waals surface area (Å²) in [4.78, 5) is 34.5. The highest BCUT2D eigenvalue weighted by Gasteiger charge is 2.14. The summed E-state index contributed by atoms with van der Waals surface area (Å²) < 4.78 is 0. The van der Waals surface area contributed by atoms with E-state index in [1.807, 2.05) is 247 Å². The van der Waals surface area contributed by atoms with Gasteiger partial charge in [-0.2, -0.15) is 0 Å². The fourth-order valence-corrected chi connectivity index (χ4v) is 11.5. The summed E-state index contributed by atoms with van der Waals surface area (Å²) in [6, 6.07) is 74.9. The lowest BCUT2D eigenvalue weighted by Crippen LogP contribution is -2.13. The molecule has 0 aliphatic heterocycles. The number of rotatable bonds is 12. The number of benzene rings is 7. The van der Waals surface area contributed by atoms with Gasteiger partial charge in [-0.25, -0.2) is 9.97 Å². The maximum absolute atomic E-state index is 4.42. The Morgan fingerprint density at radius 3 is 0.600 bits per heavy atom. The molecule has 0 spiro atoms. The molecule has 11 nitrogen and oxygen atoms in total. The molecule has 5 heterocycles. The molecule has 0 aliphatic rings. The van der Waals surface area contributed by atoms with Gasteiger partial charge >= 0.3 is 0 Å². The van der Waals surface area contributed by atoms with Crippen molar-refractivity contribution in [2.24, 2.45) is 0 Å². The molecule has 7 aromatic carbocycles. The van der Waals surface area contributed by atoms with E-state index in [2.05, 4.69) is 361 Å². The topological polar surface area (TPSA) is 83.9 Å². The minimum absolute atomic E-state index is 1.01. The highest BCUT2D eigenvalue weighted by molar-refractivity contribution is 5.72. The van der Waals surface area contributed by atoms with Crippen molar-refractivity contribution in [2.75, 3.05) is 71.7 Å². The molecule has 0 saturated carbocycles. The normalized spacial score (nSPS) is 8.75. The van der Waals surface area contributed by atoms with Gasteiger partial charge in [0, 0.05) is 125 Å². The molecule has 0 unspecified atom stereocenters. The van der Waals surface area contributed by atoms with Crippen molar-refractivity contribution in [3.8, 4) is 0 Å². The summed E-state index contributed by atoms with van der Waals surface area (Å²) in [7, 11) is 12.5. The molecule has 660 valence electrons. The summed E-state index contributed by atoms with van der Waals surface area (Å²) >= 11 is 0. The number of para-hydroxylation sites is 7. The largest absolute Gasteiger partial charge is 0.344 e. The van der Waals surface area contributed by atoms with Crippen LogP contribution in [-0.4, -0.2) is 67.2 Å². The van der Waals surface area contributed by atoms with Crippen LogP contribution in [0.1, 0.15) is 233 Å². The highest BCUT2D eigenvalue weighted by Crippen LogP contribution is 2.34. The smallest absolute Gasteiger partial charge is 0.135 e. The van der Waals surface area contributed by atoms with Gasteiger partial charge in [0.25, 0.3) is 0 Å². The number of nitrogens with zero attached hydrogens (tertiary/aromatic N) is 11. The Labute approximate surface area is 738 Å². The van der Waals surface area contributed by atoms with Crippen molar-refractivity contribution in [1.82, 2.24) is 24.9 Å². The van der Waals surface area contributed by atoms with Crippen LogP contribution in [0.15, 0.2) is 262 Å². The van der Waals surface area contributed by atoms with Crippen molar-refractivity contribution < 1.29 is 0 Å². The van der Waals surface area contributed by atoms with Gasteiger partial charge < -0.3 is 29.4 Å². The van der Waals surface area contributed by atoms with E-state index in [4.69, 9.17) is 0 Å². The SMILES string of the molecule is CC.CC.CC.CC.CC.CC.CC.CC.CC.CC.CC.CC.Cc1ccccc1N(C)c1ccccc1C.Cc1ccccc1N(C)c1cccnc1C.Cc1ccccc1N(C)c1ccncc1C.Cc1ccccc1N(C)c1cnccc1C.Cc1ccccc1N(C)c1ncccc1C.Cc1ccccc1N(C)c1ncccc1C. The molecule has 0 bridgehead atoms. The molecule has 12 rings (SSSR count). The first kappa shape index (κ1) is 120. The van der Waals surface area contributed by atoms with E-state index in [0.717, 1.165) is 28.7 Å². The molecule has 0 fully saturated rings. The monoisotopic (exact) mass is 1630 g/mol. The maximum Gasteiger partial charge on any atom is 0.135 e. The van der Waals surface area contributed by atoms with E-state index >= 15 is 0 Å². The first-order valence-corrected chi connectivity index (χ1v) is 44.6. The Kier molecular flexibility index (Phi) is 76.7. The van der Waals surface area contributed by atoms with Gasteiger partial charge in [0.05, 0.1) is 23.3 Å².